The zero-order valence-electron chi connectivity index (χ0n) is 39.3. The van der Waals surface area contributed by atoms with E-state index in [0.717, 1.165) is 77.0 Å². The van der Waals surface area contributed by atoms with Gasteiger partial charge in [-0.3, -0.25) is 28.0 Å². The van der Waals surface area contributed by atoms with Gasteiger partial charge < -0.3 is 31.3 Å². The number of unbranched alkanes of at least 4 members (excludes halogenated alkanes) is 12. The van der Waals surface area contributed by atoms with Crippen molar-refractivity contribution in [1.29, 1.82) is 0 Å². The Morgan fingerprint density at radius 3 is 1.00 bits per heavy atom. The Hall–Kier alpha value is -3.94. The van der Waals surface area contributed by atoms with Crippen LogP contribution in [0, 0.1) is 0 Å². The lowest BCUT2D eigenvalue weighted by Gasteiger charge is -2.27. The number of carbonyl (C=O) groups excluding carboxylic acids is 3. The number of carbonyl (C=O) groups is 3. The maximum Gasteiger partial charge on any atom is 0.475 e. The van der Waals surface area contributed by atoms with Gasteiger partial charge in [0.15, 0.2) is 0 Å². The zero-order valence-corrected chi connectivity index (χ0v) is 40.2. The number of aliphatic hydroxyl groups is 3. The largest absolute Gasteiger partial charge is 0.475 e. The molecular formula is C51H78N3O10P. The Bertz CT molecular complexity index is 1650. The van der Waals surface area contributed by atoms with Crippen LogP contribution in [0.3, 0.4) is 0 Å². The summed E-state index contributed by atoms with van der Waals surface area (Å²) in [5, 5.41) is 39.0. The molecule has 3 unspecified atom stereocenters. The summed E-state index contributed by atoms with van der Waals surface area (Å²) in [5.41, 5.74) is 3.66. The molecule has 0 saturated carbocycles. The van der Waals surface area contributed by atoms with Crippen LogP contribution in [0.25, 0.3) is 0 Å². The van der Waals surface area contributed by atoms with Gasteiger partial charge in [0.2, 0.25) is 17.7 Å². The first kappa shape index (κ1) is 55.4. The fourth-order valence-corrected chi connectivity index (χ4v) is 8.68. The van der Waals surface area contributed by atoms with E-state index in [1.54, 1.807) is 72.8 Å². The molecule has 0 fully saturated rings. The van der Waals surface area contributed by atoms with Crippen molar-refractivity contribution in [1.82, 2.24) is 16.0 Å². The van der Waals surface area contributed by atoms with E-state index in [4.69, 9.17) is 13.6 Å². The monoisotopic (exact) mass is 924 g/mol. The molecule has 0 saturated heterocycles. The number of hydrogen-bond acceptors (Lipinski definition) is 10. The number of aliphatic hydroxyl groups excluding tert-OH is 3. The Balaban J connectivity index is 1.98. The molecule has 3 rings (SSSR count). The average Bonchev–Trinajstić information content (AvgIpc) is 3.32. The van der Waals surface area contributed by atoms with Crippen molar-refractivity contribution in [2.24, 2.45) is 0 Å². The summed E-state index contributed by atoms with van der Waals surface area (Å²) in [5.74, 6) is -0.657. The van der Waals surface area contributed by atoms with E-state index in [1.165, 1.54) is 0 Å². The highest BCUT2D eigenvalue weighted by molar-refractivity contribution is 7.48. The molecule has 65 heavy (non-hydrogen) atoms. The first-order valence-corrected chi connectivity index (χ1v) is 25.5. The molecule has 0 aromatic heterocycles. The number of rotatable bonds is 36. The Morgan fingerprint density at radius 1 is 0.462 bits per heavy atom. The molecule has 0 aliphatic heterocycles. The standard InChI is InChI=1S/C51H78N3O10P/c1-4-7-10-13-16-28-49(58)52-46(43-25-19-22-40(31-43)34-55)37-62-65(61,63-38-47(44-26-20-23-41(32-44)35-56)53-50(59)29-17-14-11-8-5-2)64-39-48(45-27-21-24-42(33-45)36-57)54-51(60)30-18-15-12-9-6-3/h19-27,31-33,46-48,55-57H,4-18,28-30,34-39H2,1-3H3,(H,52,58)(H,53,59)(H,54,60). The normalized spacial score (nSPS) is 13.7. The third-order valence-corrected chi connectivity index (χ3v) is 12.7. The van der Waals surface area contributed by atoms with Crippen LogP contribution < -0.4 is 16.0 Å². The molecule has 3 aromatic rings. The fourth-order valence-electron chi connectivity index (χ4n) is 7.46. The van der Waals surface area contributed by atoms with Crippen LogP contribution in [0.5, 0.6) is 0 Å². The highest BCUT2D eigenvalue weighted by Gasteiger charge is 2.33. The molecule has 362 valence electrons. The second-order valence-electron chi connectivity index (χ2n) is 16.9. The van der Waals surface area contributed by atoms with Gasteiger partial charge in [0.1, 0.15) is 0 Å². The van der Waals surface area contributed by atoms with Gasteiger partial charge in [0.05, 0.1) is 57.8 Å². The van der Waals surface area contributed by atoms with Gasteiger partial charge in [0, 0.05) is 19.3 Å². The lowest BCUT2D eigenvalue weighted by atomic mass is 10.0. The minimum absolute atomic E-state index is 0.219. The van der Waals surface area contributed by atoms with Crippen molar-refractivity contribution in [3.63, 3.8) is 0 Å². The van der Waals surface area contributed by atoms with Crippen molar-refractivity contribution in [3.05, 3.63) is 106 Å². The second-order valence-corrected chi connectivity index (χ2v) is 18.6. The van der Waals surface area contributed by atoms with E-state index < -0.39 is 25.9 Å². The van der Waals surface area contributed by atoms with Crippen molar-refractivity contribution >= 4 is 25.5 Å². The minimum atomic E-state index is -4.63. The summed E-state index contributed by atoms with van der Waals surface area (Å²) < 4.78 is 33.7. The number of benzene rings is 3. The summed E-state index contributed by atoms with van der Waals surface area (Å²) in [6, 6.07) is 18.6. The van der Waals surface area contributed by atoms with Crippen LogP contribution in [-0.4, -0.2) is 52.9 Å². The smallest absolute Gasteiger partial charge is 0.392 e. The van der Waals surface area contributed by atoms with Crippen molar-refractivity contribution in [2.45, 2.75) is 174 Å². The zero-order chi connectivity index (χ0) is 47.1. The third-order valence-electron chi connectivity index (χ3n) is 11.3. The number of amides is 3. The summed E-state index contributed by atoms with van der Waals surface area (Å²) in [4.78, 5) is 40.1. The number of hydrogen-bond donors (Lipinski definition) is 6. The molecule has 0 bridgehead atoms. The molecule has 6 N–H and O–H groups in total. The lowest BCUT2D eigenvalue weighted by molar-refractivity contribution is -0.123. The minimum Gasteiger partial charge on any atom is -0.392 e. The van der Waals surface area contributed by atoms with E-state index in [2.05, 4.69) is 36.7 Å². The van der Waals surface area contributed by atoms with E-state index >= 15 is 4.57 Å². The first-order valence-electron chi connectivity index (χ1n) is 24.1. The van der Waals surface area contributed by atoms with Crippen LogP contribution in [0.4, 0.5) is 0 Å². The quantitative estimate of drug-likeness (QED) is 0.0242. The van der Waals surface area contributed by atoms with Crippen LogP contribution in [-0.2, 0) is 52.3 Å². The highest BCUT2D eigenvalue weighted by atomic mass is 31.2. The lowest BCUT2D eigenvalue weighted by Crippen LogP contribution is -2.33. The maximum atomic E-state index is 15.1. The second kappa shape index (κ2) is 32.7. The summed E-state index contributed by atoms with van der Waals surface area (Å²) in [6.07, 6.45) is 15.3. The molecule has 3 atom stereocenters. The molecule has 0 aliphatic rings. The number of nitrogens with one attached hydrogen (secondary N) is 3. The summed E-state index contributed by atoms with van der Waals surface area (Å²) in [6.45, 7) is 4.65. The van der Waals surface area contributed by atoms with Crippen molar-refractivity contribution in [2.75, 3.05) is 19.8 Å². The van der Waals surface area contributed by atoms with E-state index in [0.29, 0.717) is 52.6 Å². The van der Waals surface area contributed by atoms with Gasteiger partial charge in [-0.25, -0.2) is 4.57 Å². The molecule has 0 heterocycles. The van der Waals surface area contributed by atoms with Gasteiger partial charge in [0.25, 0.3) is 0 Å². The Morgan fingerprint density at radius 2 is 0.738 bits per heavy atom. The molecule has 0 radical (unpaired) electrons. The molecule has 0 aliphatic carbocycles. The molecular weight excluding hydrogens is 846 g/mol. The fraction of sp³-hybridized carbons (Fsp3) is 0.588. The molecule has 0 spiro atoms. The van der Waals surface area contributed by atoms with Crippen LogP contribution in [0.2, 0.25) is 0 Å². The molecule has 14 heteroatoms. The molecule has 3 aromatic carbocycles. The highest BCUT2D eigenvalue weighted by Crippen LogP contribution is 2.51. The van der Waals surface area contributed by atoms with E-state index in [1.807, 2.05) is 0 Å². The van der Waals surface area contributed by atoms with Crippen LogP contribution in [0.15, 0.2) is 72.8 Å². The van der Waals surface area contributed by atoms with Gasteiger partial charge in [-0.05, 0) is 52.6 Å². The maximum absolute atomic E-state index is 15.1. The predicted octanol–water partition coefficient (Wildman–Crippen LogP) is 10.3. The topological polar surface area (TPSA) is 193 Å². The number of phosphoric acid groups is 1. The van der Waals surface area contributed by atoms with E-state index in [9.17, 15) is 29.7 Å². The third kappa shape index (κ3) is 22.4. The van der Waals surface area contributed by atoms with Crippen LogP contribution in [0.1, 0.15) is 188 Å². The van der Waals surface area contributed by atoms with Gasteiger partial charge in [-0.1, -0.05) is 171 Å². The molecule has 3 amide bonds. The van der Waals surface area contributed by atoms with Crippen molar-refractivity contribution in [3.8, 4) is 0 Å². The average molecular weight is 924 g/mol. The van der Waals surface area contributed by atoms with Crippen molar-refractivity contribution < 1.29 is 47.8 Å². The SMILES string of the molecule is CCCCCCCC(=O)NC(COP(=O)(OCC(NC(=O)CCCCCCC)c1cccc(CO)c1)OCC(NC(=O)CCCCCCC)c1cccc(CO)c1)c1cccc(CO)c1. The summed E-state index contributed by atoms with van der Waals surface area (Å²) in [7, 11) is -4.63. The van der Waals surface area contributed by atoms with Gasteiger partial charge >= 0.3 is 7.82 Å². The first-order chi connectivity index (χ1) is 31.6. The Kier molecular flexibility index (Phi) is 27.9. The predicted molar refractivity (Wildman–Crippen MR) is 255 cm³/mol. The van der Waals surface area contributed by atoms with E-state index in [-0.39, 0.29) is 76.6 Å². The summed E-state index contributed by atoms with van der Waals surface area (Å²) >= 11 is 0. The van der Waals surface area contributed by atoms with Crippen LogP contribution >= 0.6 is 7.82 Å². The number of phosphoric ester groups is 1. The van der Waals surface area contributed by atoms with Gasteiger partial charge in [-0.15, -0.1) is 0 Å². The molecule has 13 nitrogen and oxygen atoms in total. The van der Waals surface area contributed by atoms with Gasteiger partial charge in [-0.2, -0.15) is 0 Å². The Labute approximate surface area is 388 Å².